The van der Waals surface area contributed by atoms with Crippen LogP contribution in [-0.2, 0) is 17.7 Å². The number of hydrogen-bond donors (Lipinski definition) is 3. The Morgan fingerprint density at radius 2 is 1.82 bits per heavy atom. The Balaban J connectivity index is 1.77. The first-order valence-electron chi connectivity index (χ1n) is 11.2. The van der Waals surface area contributed by atoms with Crippen molar-refractivity contribution < 1.29 is 19.4 Å². The zero-order chi connectivity index (χ0) is 23.9. The Labute approximate surface area is 196 Å². The lowest BCUT2D eigenvalue weighted by Gasteiger charge is -2.39. The number of aliphatic hydroxyl groups excluding tert-OH is 1. The molecule has 0 unspecified atom stereocenters. The molecule has 0 aromatic heterocycles. The minimum atomic E-state index is -0.844. The van der Waals surface area contributed by atoms with Crippen LogP contribution in [0.4, 0.5) is 4.79 Å². The molecular weight excluding hydrogens is 416 g/mol. The number of methoxy groups -OCH3 is 1. The molecule has 0 radical (unpaired) electrons. The summed E-state index contributed by atoms with van der Waals surface area (Å²) in [5, 5.41) is 17.7. The highest BCUT2D eigenvalue weighted by Gasteiger charge is 2.40. The first-order chi connectivity index (χ1) is 15.7. The fraction of sp³-hybridized carbons (Fsp3) is 0.370. The predicted molar refractivity (Wildman–Crippen MR) is 130 cm³/mol. The third-order valence-corrected chi connectivity index (χ3v) is 5.51. The van der Waals surface area contributed by atoms with Crippen molar-refractivity contribution in [3.8, 4) is 5.75 Å². The van der Waals surface area contributed by atoms with Gasteiger partial charge in [-0.25, -0.2) is 4.79 Å². The van der Waals surface area contributed by atoms with E-state index in [1.54, 1.807) is 7.11 Å². The Hall–Kier alpha value is -3.25. The molecule has 2 aromatic rings. The van der Waals surface area contributed by atoms with Crippen LogP contribution in [0.15, 0.2) is 78.5 Å². The van der Waals surface area contributed by atoms with Gasteiger partial charge in [0.15, 0.2) is 0 Å². The van der Waals surface area contributed by atoms with E-state index in [1.165, 1.54) is 0 Å². The maximum atomic E-state index is 12.4. The number of allylic oxidation sites excluding steroid dienone is 2. The molecule has 1 aliphatic carbocycles. The minimum Gasteiger partial charge on any atom is -0.497 e. The molecule has 176 valence electrons. The molecule has 1 aliphatic rings. The standard InChI is InChI=1S/C27H34N2O4/c1-26(2,3)33-25(31)29-19-27(17-20-10-6-5-7-11-20)15-9-14-23(24(27)30)28-18-21-12-8-13-22(16-21)32-4/h5-16,24,28,30H,17-19H2,1-4H3,(H,29,31)/t24-,27+/m0/s1. The second kappa shape index (κ2) is 10.6. The van der Waals surface area contributed by atoms with Crippen molar-refractivity contribution in [3.63, 3.8) is 0 Å². The van der Waals surface area contributed by atoms with Gasteiger partial charge in [0.25, 0.3) is 0 Å². The highest BCUT2D eigenvalue weighted by atomic mass is 16.6. The van der Waals surface area contributed by atoms with Crippen LogP contribution in [-0.4, -0.2) is 36.6 Å². The molecule has 0 aliphatic heterocycles. The van der Waals surface area contributed by atoms with Crippen molar-refractivity contribution in [1.29, 1.82) is 0 Å². The van der Waals surface area contributed by atoms with E-state index < -0.39 is 23.2 Å². The van der Waals surface area contributed by atoms with Gasteiger partial charge in [-0.2, -0.15) is 0 Å². The summed E-state index contributed by atoms with van der Waals surface area (Å²) in [6.07, 6.45) is 4.99. The molecule has 2 atom stereocenters. The van der Waals surface area contributed by atoms with E-state index in [-0.39, 0.29) is 6.54 Å². The van der Waals surface area contributed by atoms with Crippen LogP contribution in [0.3, 0.4) is 0 Å². The maximum absolute atomic E-state index is 12.4. The van der Waals surface area contributed by atoms with Gasteiger partial charge >= 0.3 is 6.09 Å². The summed E-state index contributed by atoms with van der Waals surface area (Å²) < 4.78 is 10.7. The van der Waals surface area contributed by atoms with Crippen molar-refractivity contribution in [3.05, 3.63) is 89.6 Å². The number of carbonyl (C=O) groups excluding carboxylic acids is 1. The highest BCUT2D eigenvalue weighted by Crippen LogP contribution is 2.35. The van der Waals surface area contributed by atoms with Gasteiger partial charge in [-0.3, -0.25) is 0 Å². The van der Waals surface area contributed by atoms with Crippen LogP contribution in [0.2, 0.25) is 0 Å². The van der Waals surface area contributed by atoms with Crippen LogP contribution in [0.5, 0.6) is 5.75 Å². The summed E-state index contributed by atoms with van der Waals surface area (Å²) in [5.74, 6) is 0.785. The van der Waals surface area contributed by atoms with Crippen molar-refractivity contribution in [2.75, 3.05) is 13.7 Å². The van der Waals surface area contributed by atoms with Crippen LogP contribution >= 0.6 is 0 Å². The average molecular weight is 451 g/mol. The van der Waals surface area contributed by atoms with E-state index in [0.717, 1.165) is 16.9 Å². The summed E-state index contributed by atoms with van der Waals surface area (Å²) in [7, 11) is 1.64. The van der Waals surface area contributed by atoms with Crippen molar-refractivity contribution in [2.24, 2.45) is 5.41 Å². The Kier molecular flexibility index (Phi) is 7.82. The molecule has 33 heavy (non-hydrogen) atoms. The molecule has 3 N–H and O–H groups in total. The molecule has 0 bridgehead atoms. The van der Waals surface area contributed by atoms with Gasteiger partial charge in [-0.1, -0.05) is 54.6 Å². The average Bonchev–Trinajstić information content (AvgIpc) is 2.78. The van der Waals surface area contributed by atoms with Crippen LogP contribution in [0, 0.1) is 5.41 Å². The number of rotatable bonds is 8. The van der Waals surface area contributed by atoms with Gasteiger partial charge in [0.1, 0.15) is 17.5 Å². The van der Waals surface area contributed by atoms with E-state index in [4.69, 9.17) is 9.47 Å². The van der Waals surface area contributed by atoms with Crippen LogP contribution in [0.1, 0.15) is 31.9 Å². The lowest BCUT2D eigenvalue weighted by atomic mass is 9.73. The molecule has 2 aromatic carbocycles. The molecule has 0 spiro atoms. The fourth-order valence-electron chi connectivity index (χ4n) is 3.88. The number of amides is 1. The van der Waals surface area contributed by atoms with Crippen molar-refractivity contribution in [1.82, 2.24) is 10.6 Å². The third kappa shape index (κ3) is 6.86. The van der Waals surface area contributed by atoms with E-state index in [9.17, 15) is 9.90 Å². The lowest BCUT2D eigenvalue weighted by Crippen LogP contribution is -2.50. The normalized spacial score (nSPS) is 20.0. The molecule has 0 heterocycles. The lowest BCUT2D eigenvalue weighted by molar-refractivity contribution is 0.0430. The second-order valence-corrected chi connectivity index (χ2v) is 9.34. The van der Waals surface area contributed by atoms with E-state index in [2.05, 4.69) is 10.6 Å². The second-order valence-electron chi connectivity index (χ2n) is 9.34. The number of hydrogen-bond acceptors (Lipinski definition) is 5. The smallest absolute Gasteiger partial charge is 0.407 e. The summed E-state index contributed by atoms with van der Waals surface area (Å²) in [5.41, 5.74) is 1.48. The number of carbonyl (C=O) groups is 1. The third-order valence-electron chi connectivity index (χ3n) is 5.51. The molecular formula is C27H34N2O4. The first-order valence-corrected chi connectivity index (χ1v) is 11.2. The number of benzene rings is 2. The molecule has 3 rings (SSSR count). The number of aliphatic hydroxyl groups is 1. The zero-order valence-electron chi connectivity index (χ0n) is 19.8. The van der Waals surface area contributed by atoms with Crippen LogP contribution in [0.25, 0.3) is 0 Å². The monoisotopic (exact) mass is 450 g/mol. The fourth-order valence-corrected chi connectivity index (χ4v) is 3.88. The van der Waals surface area contributed by atoms with Gasteiger partial charge in [0.2, 0.25) is 0 Å². The van der Waals surface area contributed by atoms with E-state index in [0.29, 0.717) is 18.7 Å². The topological polar surface area (TPSA) is 79.8 Å². The summed E-state index contributed by atoms with van der Waals surface area (Å²) >= 11 is 0. The maximum Gasteiger partial charge on any atom is 0.407 e. The van der Waals surface area contributed by atoms with Crippen molar-refractivity contribution in [2.45, 2.75) is 45.4 Å². The largest absolute Gasteiger partial charge is 0.497 e. The van der Waals surface area contributed by atoms with Gasteiger partial charge in [-0.15, -0.1) is 0 Å². The van der Waals surface area contributed by atoms with Gasteiger partial charge < -0.3 is 25.2 Å². The van der Waals surface area contributed by atoms with Crippen LogP contribution < -0.4 is 15.4 Å². The van der Waals surface area contributed by atoms with Gasteiger partial charge in [-0.05, 0) is 56.5 Å². The number of alkyl carbamates (subject to hydrolysis) is 1. The van der Waals surface area contributed by atoms with E-state index in [1.807, 2.05) is 93.6 Å². The Morgan fingerprint density at radius 3 is 2.52 bits per heavy atom. The summed E-state index contributed by atoms with van der Waals surface area (Å²) in [4.78, 5) is 12.4. The molecule has 1 amide bonds. The van der Waals surface area contributed by atoms with E-state index >= 15 is 0 Å². The molecule has 0 saturated heterocycles. The van der Waals surface area contributed by atoms with Crippen molar-refractivity contribution >= 4 is 6.09 Å². The van der Waals surface area contributed by atoms with Gasteiger partial charge in [0.05, 0.1) is 7.11 Å². The number of ether oxygens (including phenoxy) is 2. The summed E-state index contributed by atoms with van der Waals surface area (Å²) in [6, 6.07) is 17.8. The molecule has 0 saturated carbocycles. The first kappa shape index (κ1) is 24.4. The minimum absolute atomic E-state index is 0.229. The summed E-state index contributed by atoms with van der Waals surface area (Å²) in [6.45, 7) is 6.24. The zero-order valence-corrected chi connectivity index (χ0v) is 19.8. The Morgan fingerprint density at radius 1 is 1.09 bits per heavy atom. The molecule has 6 heteroatoms. The quantitative estimate of drug-likeness (QED) is 0.557. The predicted octanol–water partition coefficient (Wildman–Crippen LogP) is 4.35. The number of nitrogens with one attached hydrogen (secondary N) is 2. The molecule has 6 nitrogen and oxygen atoms in total. The molecule has 0 fully saturated rings. The SMILES string of the molecule is COc1cccc(CNC2=CC=C[C@](CNC(=O)OC(C)(C)C)(Cc3ccccc3)[C@H]2O)c1. The van der Waals surface area contributed by atoms with Gasteiger partial charge in [0, 0.05) is 24.2 Å². The Bertz CT molecular complexity index is 995. The highest BCUT2D eigenvalue weighted by molar-refractivity contribution is 5.67.